The molecule has 3 heteroatoms. The summed E-state index contributed by atoms with van der Waals surface area (Å²) in [5, 5.41) is 0. The van der Waals surface area contributed by atoms with Gasteiger partial charge in [-0.25, -0.2) is 0 Å². The molecule has 1 saturated carbocycles. The second-order valence-electron chi connectivity index (χ2n) is 5.37. The number of nitrogens with two attached hydrogens (primary N) is 2. The van der Waals surface area contributed by atoms with Crippen LogP contribution in [-0.2, 0) is 4.74 Å². The summed E-state index contributed by atoms with van der Waals surface area (Å²) >= 11 is 0. The van der Waals surface area contributed by atoms with E-state index in [4.69, 9.17) is 16.2 Å². The van der Waals surface area contributed by atoms with E-state index >= 15 is 0 Å². The van der Waals surface area contributed by atoms with Crippen molar-refractivity contribution in [1.82, 2.24) is 0 Å². The van der Waals surface area contributed by atoms with Crippen LogP contribution >= 0.6 is 0 Å². The summed E-state index contributed by atoms with van der Waals surface area (Å²) < 4.78 is 5.27. The van der Waals surface area contributed by atoms with Crippen LogP contribution in [0.1, 0.15) is 12.8 Å². The van der Waals surface area contributed by atoms with Gasteiger partial charge in [-0.05, 0) is 18.8 Å². The van der Waals surface area contributed by atoms with E-state index in [0.29, 0.717) is 11.3 Å². The van der Waals surface area contributed by atoms with Gasteiger partial charge in [0.15, 0.2) is 0 Å². The van der Waals surface area contributed by atoms with Crippen molar-refractivity contribution in [2.75, 3.05) is 13.2 Å². The minimum atomic E-state index is -0.324. The molecule has 3 nitrogen and oxygen atoms in total. The second kappa shape index (κ2) is 2.94. The summed E-state index contributed by atoms with van der Waals surface area (Å²) in [5.41, 5.74) is 12.6. The van der Waals surface area contributed by atoms with Crippen molar-refractivity contribution in [3.63, 3.8) is 0 Å². The fourth-order valence-electron chi connectivity index (χ4n) is 3.06. The Bertz CT molecular complexity index is 325. The molecule has 0 aromatic carbocycles. The molecule has 2 fully saturated rings. The lowest BCUT2D eigenvalue weighted by Gasteiger charge is -2.58. The first kappa shape index (κ1) is 9.58. The Morgan fingerprint density at radius 1 is 1.20 bits per heavy atom. The van der Waals surface area contributed by atoms with Crippen LogP contribution in [0.25, 0.3) is 0 Å². The van der Waals surface area contributed by atoms with Crippen molar-refractivity contribution in [1.29, 1.82) is 0 Å². The average Bonchev–Trinajstić information content (AvgIpc) is 2.05. The van der Waals surface area contributed by atoms with E-state index < -0.39 is 0 Å². The lowest BCUT2D eigenvalue weighted by molar-refractivity contribution is -0.187. The molecule has 1 aliphatic heterocycles. The van der Waals surface area contributed by atoms with Crippen LogP contribution in [-0.4, -0.2) is 24.8 Å². The van der Waals surface area contributed by atoms with Crippen molar-refractivity contribution in [3.05, 3.63) is 24.3 Å². The summed E-state index contributed by atoms with van der Waals surface area (Å²) in [7, 11) is 0. The van der Waals surface area contributed by atoms with Crippen LogP contribution in [0.5, 0.6) is 0 Å². The lowest BCUT2D eigenvalue weighted by atomic mass is 9.53. The topological polar surface area (TPSA) is 61.3 Å². The maximum Gasteiger partial charge on any atom is 0.0561 e. The first-order chi connectivity index (χ1) is 7.15. The number of allylic oxidation sites excluding steroid dienone is 2. The molecule has 2 unspecified atom stereocenters. The van der Waals surface area contributed by atoms with Crippen LogP contribution in [0.4, 0.5) is 0 Å². The largest absolute Gasteiger partial charge is 0.380 e. The predicted octanol–water partition coefficient (Wildman–Crippen LogP) is 0.564. The molecule has 3 rings (SSSR count). The second-order valence-corrected chi connectivity index (χ2v) is 5.37. The summed E-state index contributed by atoms with van der Waals surface area (Å²) in [6.07, 6.45) is 10.4. The van der Waals surface area contributed by atoms with E-state index in [9.17, 15) is 0 Å². The number of rotatable bonds is 1. The Morgan fingerprint density at radius 3 is 2.47 bits per heavy atom. The van der Waals surface area contributed by atoms with Crippen molar-refractivity contribution in [2.45, 2.75) is 24.4 Å². The molecule has 3 aliphatic rings. The molecule has 0 radical (unpaired) electrons. The van der Waals surface area contributed by atoms with Gasteiger partial charge in [0.2, 0.25) is 0 Å². The molecule has 0 aromatic heterocycles. The third-order valence-corrected chi connectivity index (χ3v) is 4.27. The quantitative estimate of drug-likeness (QED) is 0.659. The van der Waals surface area contributed by atoms with Crippen molar-refractivity contribution < 1.29 is 4.74 Å². The van der Waals surface area contributed by atoms with Crippen LogP contribution < -0.4 is 11.5 Å². The van der Waals surface area contributed by atoms with Gasteiger partial charge in [0.05, 0.1) is 18.8 Å². The summed E-state index contributed by atoms with van der Waals surface area (Å²) in [6, 6.07) is -0.0363. The highest BCUT2D eigenvalue weighted by molar-refractivity contribution is 5.29. The molecule has 0 amide bonds. The van der Waals surface area contributed by atoms with Crippen molar-refractivity contribution >= 4 is 0 Å². The molecule has 4 N–H and O–H groups in total. The highest BCUT2D eigenvalue weighted by Crippen LogP contribution is 2.54. The first-order valence-electron chi connectivity index (χ1n) is 5.63. The molecule has 0 aromatic rings. The lowest BCUT2D eigenvalue weighted by Crippen LogP contribution is -2.66. The van der Waals surface area contributed by atoms with Gasteiger partial charge >= 0.3 is 0 Å². The van der Waals surface area contributed by atoms with Gasteiger partial charge in [0.1, 0.15) is 0 Å². The number of ether oxygens (including phenoxy) is 1. The molecule has 1 heterocycles. The van der Waals surface area contributed by atoms with Gasteiger partial charge in [-0.2, -0.15) is 0 Å². The monoisotopic (exact) mass is 206 g/mol. The molecule has 1 spiro atoms. The normalized spacial score (nSPS) is 42.7. The Labute approximate surface area is 90.2 Å². The minimum absolute atomic E-state index is 0.0363. The zero-order valence-corrected chi connectivity index (χ0v) is 8.86. The standard InChI is InChI=1S/C12H18N2O/c13-10-3-1-2-4-12(10,14)9-5-11(6-9)7-15-8-11/h1-4,9-10H,5-8,13-14H2. The van der Waals surface area contributed by atoms with Gasteiger partial charge in [0.25, 0.3) is 0 Å². The SMILES string of the molecule is NC1C=CC=CC1(N)C1CC2(COC2)C1. The van der Waals surface area contributed by atoms with E-state index in [1.807, 2.05) is 18.2 Å². The fraction of sp³-hybridized carbons (Fsp3) is 0.667. The Morgan fingerprint density at radius 2 is 1.93 bits per heavy atom. The molecule has 1 saturated heterocycles. The molecular weight excluding hydrogens is 188 g/mol. The molecule has 0 bridgehead atoms. The van der Waals surface area contributed by atoms with E-state index in [1.54, 1.807) is 0 Å². The summed E-state index contributed by atoms with van der Waals surface area (Å²) in [6.45, 7) is 1.85. The van der Waals surface area contributed by atoms with Gasteiger partial charge in [-0.1, -0.05) is 24.3 Å². The first-order valence-corrected chi connectivity index (χ1v) is 5.63. The highest BCUT2D eigenvalue weighted by atomic mass is 16.5. The maximum atomic E-state index is 6.40. The minimum Gasteiger partial charge on any atom is -0.380 e. The predicted molar refractivity (Wildman–Crippen MR) is 59.1 cm³/mol. The van der Waals surface area contributed by atoms with Crippen LogP contribution in [0.15, 0.2) is 24.3 Å². The maximum absolute atomic E-state index is 6.40. The van der Waals surface area contributed by atoms with Gasteiger partial charge < -0.3 is 16.2 Å². The van der Waals surface area contributed by atoms with Gasteiger partial charge in [0, 0.05) is 11.5 Å². The summed E-state index contributed by atoms with van der Waals surface area (Å²) in [5.74, 6) is 0.526. The zero-order valence-electron chi connectivity index (χ0n) is 8.86. The highest BCUT2D eigenvalue weighted by Gasteiger charge is 2.56. The molecular formula is C12H18N2O. The van der Waals surface area contributed by atoms with Crippen molar-refractivity contribution in [2.24, 2.45) is 22.8 Å². The Balaban J connectivity index is 1.72. The smallest absolute Gasteiger partial charge is 0.0561 e. The van der Waals surface area contributed by atoms with Gasteiger partial charge in [-0.15, -0.1) is 0 Å². The molecule has 15 heavy (non-hydrogen) atoms. The van der Waals surface area contributed by atoms with E-state index in [2.05, 4.69) is 6.08 Å². The number of hydrogen-bond donors (Lipinski definition) is 2. The van der Waals surface area contributed by atoms with Crippen LogP contribution in [0.2, 0.25) is 0 Å². The number of hydrogen-bond acceptors (Lipinski definition) is 3. The van der Waals surface area contributed by atoms with Crippen LogP contribution in [0.3, 0.4) is 0 Å². The zero-order chi connectivity index (χ0) is 10.5. The van der Waals surface area contributed by atoms with Gasteiger partial charge in [-0.3, -0.25) is 0 Å². The van der Waals surface area contributed by atoms with E-state index in [1.165, 1.54) is 12.8 Å². The Kier molecular flexibility index (Phi) is 1.88. The molecule has 2 aliphatic carbocycles. The van der Waals surface area contributed by atoms with Crippen molar-refractivity contribution in [3.8, 4) is 0 Å². The van der Waals surface area contributed by atoms with E-state index in [0.717, 1.165) is 13.2 Å². The van der Waals surface area contributed by atoms with Crippen LogP contribution in [0, 0.1) is 11.3 Å². The molecule has 2 atom stereocenters. The third kappa shape index (κ3) is 1.24. The Hall–Kier alpha value is -0.640. The molecule has 82 valence electrons. The summed E-state index contributed by atoms with van der Waals surface area (Å²) in [4.78, 5) is 0. The average molecular weight is 206 g/mol. The van der Waals surface area contributed by atoms with E-state index in [-0.39, 0.29) is 11.6 Å². The third-order valence-electron chi connectivity index (χ3n) is 4.27. The fourth-order valence-corrected chi connectivity index (χ4v) is 3.06.